The number of rotatable bonds is 3. The molecule has 0 saturated heterocycles. The molecule has 0 N–H and O–H groups in total. The Morgan fingerprint density at radius 2 is 1.83 bits per heavy atom. The highest BCUT2D eigenvalue weighted by atomic mass is 32.1. The van der Waals surface area contributed by atoms with E-state index in [1.54, 1.807) is 4.57 Å². The number of nitrogens with zero attached hydrogens (tertiary/aromatic N) is 3. The van der Waals surface area contributed by atoms with Gasteiger partial charge in [-0.3, -0.25) is 14.8 Å². The van der Waals surface area contributed by atoms with Crippen LogP contribution in [-0.4, -0.2) is 14.5 Å². The van der Waals surface area contributed by atoms with Crippen molar-refractivity contribution in [3.05, 3.63) is 82.4 Å². The van der Waals surface area contributed by atoms with Crippen molar-refractivity contribution in [1.29, 1.82) is 0 Å². The van der Waals surface area contributed by atoms with E-state index in [1.807, 2.05) is 25.5 Å². The van der Waals surface area contributed by atoms with Gasteiger partial charge in [0.25, 0.3) is 0 Å². The molecule has 142 valence electrons. The van der Waals surface area contributed by atoms with E-state index in [4.69, 9.17) is 4.98 Å². The summed E-state index contributed by atoms with van der Waals surface area (Å²) >= 11 is 1.28. The Labute approximate surface area is 172 Å². The van der Waals surface area contributed by atoms with Crippen LogP contribution in [0.1, 0.15) is 12.6 Å². The zero-order valence-corrected chi connectivity index (χ0v) is 17.0. The van der Waals surface area contributed by atoms with Gasteiger partial charge < -0.3 is 4.57 Å². The maximum Gasteiger partial charge on any atom is 0.307 e. The molecule has 0 fully saturated rings. The molecule has 0 spiro atoms. The summed E-state index contributed by atoms with van der Waals surface area (Å²) in [6.07, 6.45) is 4.75. The Bertz CT molecular complexity index is 1410. The Kier molecular flexibility index (Phi) is 4.25. The second-order valence-electron chi connectivity index (χ2n) is 7.10. The van der Waals surface area contributed by atoms with Crippen molar-refractivity contribution in [3.63, 3.8) is 0 Å². The van der Waals surface area contributed by atoms with Gasteiger partial charge in [0.15, 0.2) is 0 Å². The lowest BCUT2D eigenvalue weighted by atomic mass is 9.98. The third-order valence-corrected chi connectivity index (χ3v) is 6.36. The summed E-state index contributed by atoms with van der Waals surface area (Å²) in [5.74, 6) is 0. The molecule has 5 heteroatoms. The normalized spacial score (nSPS) is 11.4. The highest BCUT2D eigenvalue weighted by molar-refractivity contribution is 7.16. The van der Waals surface area contributed by atoms with E-state index in [2.05, 4.69) is 60.4 Å². The summed E-state index contributed by atoms with van der Waals surface area (Å²) in [6.45, 7) is 2.10. The Balaban J connectivity index is 1.63. The van der Waals surface area contributed by atoms with Crippen molar-refractivity contribution in [2.45, 2.75) is 13.3 Å². The van der Waals surface area contributed by atoms with Crippen LogP contribution in [0.2, 0.25) is 0 Å². The van der Waals surface area contributed by atoms with Crippen LogP contribution in [0.5, 0.6) is 0 Å². The highest BCUT2D eigenvalue weighted by Gasteiger charge is 2.10. The lowest BCUT2D eigenvalue weighted by Gasteiger charge is -2.09. The summed E-state index contributed by atoms with van der Waals surface area (Å²) in [7, 11) is 1.82. The van der Waals surface area contributed by atoms with Crippen molar-refractivity contribution in [3.8, 4) is 22.4 Å². The number of fused-ring (bicyclic) bond motifs is 2. The zero-order valence-electron chi connectivity index (χ0n) is 16.2. The van der Waals surface area contributed by atoms with Gasteiger partial charge in [0.1, 0.15) is 0 Å². The molecule has 4 nitrogen and oxygen atoms in total. The van der Waals surface area contributed by atoms with Crippen LogP contribution in [0.25, 0.3) is 43.4 Å². The number of pyridine rings is 2. The van der Waals surface area contributed by atoms with Crippen LogP contribution in [0.3, 0.4) is 0 Å². The average Bonchev–Trinajstić information content (AvgIpc) is 3.06. The predicted octanol–water partition coefficient (Wildman–Crippen LogP) is 5.44. The first-order chi connectivity index (χ1) is 14.1. The van der Waals surface area contributed by atoms with Crippen molar-refractivity contribution in [2.75, 3.05) is 0 Å². The fraction of sp³-hybridized carbons (Fsp3) is 0.125. The predicted molar refractivity (Wildman–Crippen MR) is 120 cm³/mol. The molecule has 0 bridgehead atoms. The van der Waals surface area contributed by atoms with E-state index in [0.717, 1.165) is 55.5 Å². The van der Waals surface area contributed by atoms with Crippen LogP contribution in [0, 0.1) is 0 Å². The number of thiazole rings is 1. The van der Waals surface area contributed by atoms with E-state index in [-0.39, 0.29) is 4.87 Å². The molecule has 5 rings (SSSR count). The highest BCUT2D eigenvalue weighted by Crippen LogP contribution is 2.32. The third-order valence-electron chi connectivity index (χ3n) is 5.35. The number of hydrogen-bond donors (Lipinski definition) is 0. The van der Waals surface area contributed by atoms with Gasteiger partial charge in [0.05, 0.1) is 15.9 Å². The first-order valence-corrected chi connectivity index (χ1v) is 10.4. The van der Waals surface area contributed by atoms with Gasteiger partial charge >= 0.3 is 4.87 Å². The quantitative estimate of drug-likeness (QED) is 0.407. The molecular weight excluding hydrogens is 378 g/mol. The summed E-state index contributed by atoms with van der Waals surface area (Å²) in [6, 6.07) is 18.7. The SMILES string of the molecule is CCc1ccc(-c2cc3cccc(-c4ccc5sc(=O)n(C)c5c4)c3cn2)cn1. The topological polar surface area (TPSA) is 47.8 Å². The molecule has 0 saturated carbocycles. The fourth-order valence-electron chi connectivity index (χ4n) is 3.66. The molecule has 0 radical (unpaired) electrons. The summed E-state index contributed by atoms with van der Waals surface area (Å²) in [5, 5.41) is 2.22. The first-order valence-electron chi connectivity index (χ1n) is 9.58. The summed E-state index contributed by atoms with van der Waals surface area (Å²) < 4.78 is 2.71. The number of hydrogen-bond acceptors (Lipinski definition) is 4. The monoisotopic (exact) mass is 397 g/mol. The number of aryl methyl sites for hydroxylation is 2. The third kappa shape index (κ3) is 3.04. The molecule has 0 aliphatic heterocycles. The lowest BCUT2D eigenvalue weighted by Crippen LogP contribution is -2.06. The molecule has 3 aromatic heterocycles. The standard InChI is InChI=1S/C24H19N3OS/c1-3-18-9-7-17(13-25-18)21-11-15-5-4-6-19(20(15)14-26-21)16-8-10-23-22(12-16)27(2)24(28)29-23/h4-14H,3H2,1-2H3. The Morgan fingerprint density at radius 1 is 0.966 bits per heavy atom. The van der Waals surface area contributed by atoms with Crippen LogP contribution in [0.4, 0.5) is 0 Å². The van der Waals surface area contributed by atoms with E-state index in [9.17, 15) is 4.79 Å². The minimum Gasteiger partial charge on any atom is -0.302 e. The molecule has 2 aromatic carbocycles. The van der Waals surface area contributed by atoms with Gasteiger partial charge in [-0.2, -0.15) is 0 Å². The first kappa shape index (κ1) is 17.8. The molecule has 3 heterocycles. The van der Waals surface area contributed by atoms with E-state index in [0.29, 0.717) is 0 Å². The summed E-state index contributed by atoms with van der Waals surface area (Å²) in [4.78, 5) is 21.2. The number of benzene rings is 2. The lowest BCUT2D eigenvalue weighted by molar-refractivity contribution is 0.939. The van der Waals surface area contributed by atoms with Crippen molar-refractivity contribution < 1.29 is 0 Å². The minimum atomic E-state index is 0.0593. The van der Waals surface area contributed by atoms with Gasteiger partial charge in [0.2, 0.25) is 0 Å². The summed E-state index contributed by atoms with van der Waals surface area (Å²) in [5.41, 5.74) is 6.17. The van der Waals surface area contributed by atoms with Crippen molar-refractivity contribution >= 4 is 32.3 Å². The zero-order chi connectivity index (χ0) is 20.0. The second-order valence-corrected chi connectivity index (χ2v) is 8.09. The van der Waals surface area contributed by atoms with Crippen molar-refractivity contribution in [2.24, 2.45) is 7.05 Å². The molecule has 29 heavy (non-hydrogen) atoms. The smallest absolute Gasteiger partial charge is 0.302 e. The second kappa shape index (κ2) is 6.94. The molecule has 0 aliphatic carbocycles. The number of aromatic nitrogens is 3. The van der Waals surface area contributed by atoms with Crippen LogP contribution in [0.15, 0.2) is 71.8 Å². The van der Waals surface area contributed by atoms with E-state index < -0.39 is 0 Å². The Hall–Kier alpha value is -3.31. The maximum absolute atomic E-state index is 12.0. The van der Waals surface area contributed by atoms with Gasteiger partial charge in [0, 0.05) is 36.1 Å². The maximum atomic E-state index is 12.0. The van der Waals surface area contributed by atoms with Crippen molar-refractivity contribution in [1.82, 2.24) is 14.5 Å². The van der Waals surface area contributed by atoms with Crippen LogP contribution >= 0.6 is 11.3 Å². The van der Waals surface area contributed by atoms with Gasteiger partial charge in [-0.15, -0.1) is 0 Å². The fourth-order valence-corrected chi connectivity index (χ4v) is 4.52. The molecule has 0 atom stereocenters. The Morgan fingerprint density at radius 3 is 2.62 bits per heavy atom. The van der Waals surface area contributed by atoms with Gasteiger partial charge in [-0.05, 0) is 53.3 Å². The van der Waals surface area contributed by atoms with Crippen LogP contribution < -0.4 is 4.87 Å². The molecule has 0 aliphatic rings. The van der Waals surface area contributed by atoms with Gasteiger partial charge in [-0.25, -0.2) is 0 Å². The van der Waals surface area contributed by atoms with Gasteiger partial charge in [-0.1, -0.05) is 42.5 Å². The van der Waals surface area contributed by atoms with E-state index >= 15 is 0 Å². The molecule has 5 aromatic rings. The van der Waals surface area contributed by atoms with E-state index in [1.165, 1.54) is 11.3 Å². The molecular formula is C24H19N3OS. The minimum absolute atomic E-state index is 0.0593. The molecule has 0 amide bonds. The largest absolute Gasteiger partial charge is 0.307 e. The molecule has 0 unspecified atom stereocenters. The average molecular weight is 398 g/mol. The van der Waals surface area contributed by atoms with Crippen LogP contribution in [-0.2, 0) is 13.5 Å².